The van der Waals surface area contributed by atoms with Crippen molar-refractivity contribution < 1.29 is 19.7 Å². The summed E-state index contributed by atoms with van der Waals surface area (Å²) < 4.78 is 4.72. The number of ether oxygens (including phenoxy) is 1. The summed E-state index contributed by atoms with van der Waals surface area (Å²) in [6.45, 7) is 1.66. The average molecular weight is 220 g/mol. The number of aliphatic hydroxyl groups excluding tert-OH is 2. The first-order chi connectivity index (χ1) is 7.17. The van der Waals surface area contributed by atoms with Crippen molar-refractivity contribution in [1.29, 1.82) is 0 Å². The van der Waals surface area contributed by atoms with E-state index in [9.17, 15) is 4.79 Å². The van der Waals surface area contributed by atoms with Crippen LogP contribution in [-0.4, -0.2) is 53.7 Å². The van der Waals surface area contributed by atoms with Gasteiger partial charge in [0, 0.05) is 6.54 Å². The molecule has 4 N–H and O–H groups in total. The van der Waals surface area contributed by atoms with Crippen LogP contribution in [0.4, 0.5) is 4.79 Å². The zero-order valence-corrected chi connectivity index (χ0v) is 9.06. The van der Waals surface area contributed by atoms with Gasteiger partial charge in [0.15, 0.2) is 0 Å². The maximum Gasteiger partial charge on any atom is 0.411 e. The monoisotopic (exact) mass is 220 g/mol. The Hall–Kier alpha value is -0.850. The minimum Gasteiger partial charge on any atom is -0.447 e. The van der Waals surface area contributed by atoms with Crippen LogP contribution in [0.5, 0.6) is 0 Å². The summed E-state index contributed by atoms with van der Waals surface area (Å²) in [5.74, 6) is 0. The van der Waals surface area contributed by atoms with Crippen molar-refractivity contribution in [1.82, 2.24) is 4.90 Å². The summed E-state index contributed by atoms with van der Waals surface area (Å²) in [6, 6.07) is 0. The third-order valence-electron chi connectivity index (χ3n) is 1.88. The second-order valence-electron chi connectivity index (χ2n) is 3.11. The largest absolute Gasteiger partial charge is 0.447 e. The highest BCUT2D eigenvalue weighted by Gasteiger charge is 2.20. The van der Waals surface area contributed by atoms with Crippen molar-refractivity contribution >= 4 is 6.09 Å². The Labute approximate surface area is 89.6 Å². The molecule has 15 heavy (non-hydrogen) atoms. The number of hydrogen-bond donors (Lipinski definition) is 3. The van der Waals surface area contributed by atoms with Crippen molar-refractivity contribution in [3.63, 3.8) is 0 Å². The van der Waals surface area contributed by atoms with Crippen LogP contribution < -0.4 is 5.73 Å². The van der Waals surface area contributed by atoms with E-state index >= 15 is 0 Å². The molecule has 0 aliphatic heterocycles. The van der Waals surface area contributed by atoms with Gasteiger partial charge < -0.3 is 20.7 Å². The smallest absolute Gasteiger partial charge is 0.411 e. The first kappa shape index (κ1) is 14.2. The fraction of sp³-hybridized carbons (Fsp3) is 0.889. The molecule has 0 aromatic rings. The molecule has 1 unspecified atom stereocenters. The minimum atomic E-state index is -0.598. The molecule has 1 atom stereocenters. The fourth-order valence-electron chi connectivity index (χ4n) is 1.17. The lowest BCUT2D eigenvalue weighted by Gasteiger charge is -2.27. The number of carbonyl (C=O) groups is 1. The molecular formula is C9H20N2O4. The molecule has 6 heteroatoms. The molecule has 0 aliphatic carbocycles. The number of amides is 1. The Balaban J connectivity index is 4.16. The lowest BCUT2D eigenvalue weighted by atomic mass is 10.2. The molecule has 0 aliphatic rings. The Kier molecular flexibility index (Phi) is 7.98. The molecule has 0 aromatic carbocycles. The molecule has 6 nitrogen and oxygen atoms in total. The fourth-order valence-corrected chi connectivity index (χ4v) is 1.17. The lowest BCUT2D eigenvalue weighted by molar-refractivity contribution is 0.0630. The summed E-state index contributed by atoms with van der Waals surface area (Å²) >= 11 is 0. The summed E-state index contributed by atoms with van der Waals surface area (Å²) in [7, 11) is 0. The van der Waals surface area contributed by atoms with Crippen LogP contribution in [0.3, 0.4) is 0 Å². The van der Waals surface area contributed by atoms with Gasteiger partial charge in [-0.05, 0) is 6.42 Å². The van der Waals surface area contributed by atoms with Crippen LogP contribution in [0.25, 0.3) is 0 Å². The maximum absolute atomic E-state index is 11.4. The average Bonchev–Trinajstić information content (AvgIpc) is 2.22. The number of carbonyl (C=O) groups excluding carboxylic acids is 1. The van der Waals surface area contributed by atoms with Gasteiger partial charge in [-0.25, -0.2) is 4.79 Å². The molecule has 0 saturated heterocycles. The molecule has 0 rings (SSSR count). The molecule has 90 valence electrons. The third kappa shape index (κ3) is 5.56. The highest BCUT2D eigenvalue weighted by atomic mass is 16.6. The molecule has 0 spiro atoms. The Morgan fingerprint density at radius 1 is 1.47 bits per heavy atom. The normalized spacial score (nSPS) is 12.3. The van der Waals surface area contributed by atoms with Crippen molar-refractivity contribution in [3.8, 4) is 0 Å². The number of nitrogens with two attached hydrogens (primary N) is 1. The predicted molar refractivity (Wildman–Crippen MR) is 55.1 cm³/mol. The zero-order chi connectivity index (χ0) is 11.7. The number of hydrogen-bond acceptors (Lipinski definition) is 5. The van der Waals surface area contributed by atoms with Crippen molar-refractivity contribution in [3.05, 3.63) is 0 Å². The van der Waals surface area contributed by atoms with Gasteiger partial charge >= 0.3 is 6.09 Å². The van der Waals surface area contributed by atoms with Crippen LogP contribution in [-0.2, 0) is 4.74 Å². The maximum atomic E-state index is 11.4. The van der Waals surface area contributed by atoms with Crippen molar-refractivity contribution in [2.24, 2.45) is 5.73 Å². The van der Waals surface area contributed by atoms with E-state index in [2.05, 4.69) is 0 Å². The predicted octanol–water partition coefficient (Wildman–Crippen LogP) is -0.505. The van der Waals surface area contributed by atoms with E-state index in [0.717, 1.165) is 6.42 Å². The van der Waals surface area contributed by atoms with Gasteiger partial charge in [-0.2, -0.15) is 0 Å². The van der Waals surface area contributed by atoms with E-state index in [1.54, 1.807) is 0 Å². The Morgan fingerprint density at radius 2 is 2.13 bits per heavy atom. The number of aliphatic hydroxyl groups is 2. The van der Waals surface area contributed by atoms with Crippen LogP contribution in [0.1, 0.15) is 19.8 Å². The van der Waals surface area contributed by atoms with Crippen LogP contribution >= 0.6 is 0 Å². The van der Waals surface area contributed by atoms with E-state index in [1.165, 1.54) is 4.90 Å². The highest BCUT2D eigenvalue weighted by Crippen LogP contribution is 2.03. The van der Waals surface area contributed by atoms with Crippen LogP contribution in [0.15, 0.2) is 0 Å². The van der Waals surface area contributed by atoms with Crippen molar-refractivity contribution in [2.45, 2.75) is 25.9 Å². The molecule has 0 aromatic heterocycles. The number of rotatable bonds is 7. The quantitative estimate of drug-likeness (QED) is 0.502. The zero-order valence-electron chi connectivity index (χ0n) is 9.06. The van der Waals surface area contributed by atoms with E-state index in [-0.39, 0.29) is 26.4 Å². The number of nitrogens with zero attached hydrogens (tertiary/aromatic N) is 1. The van der Waals surface area contributed by atoms with Gasteiger partial charge in [0.1, 0.15) is 6.61 Å². The van der Waals surface area contributed by atoms with E-state index < -0.39 is 12.3 Å². The minimum absolute atomic E-state index is 0.0559. The van der Waals surface area contributed by atoms with Crippen molar-refractivity contribution in [2.75, 3.05) is 26.4 Å². The van der Waals surface area contributed by atoms with Gasteiger partial charge in [-0.3, -0.25) is 4.90 Å². The van der Waals surface area contributed by atoms with E-state index in [1.807, 2.05) is 6.92 Å². The first-order valence-corrected chi connectivity index (χ1v) is 5.08. The van der Waals surface area contributed by atoms with Crippen LogP contribution in [0, 0.1) is 0 Å². The standard InChI is InChI=1S/C9H20N2O4/c1-2-3-8(10)11(4-5-12)9(14)15-7-6-13/h8,12-13H,2-7,10H2,1H3. The second kappa shape index (κ2) is 8.46. The van der Waals surface area contributed by atoms with Crippen LogP contribution in [0.2, 0.25) is 0 Å². The van der Waals surface area contributed by atoms with Gasteiger partial charge in [0.25, 0.3) is 0 Å². The molecule has 0 bridgehead atoms. The lowest BCUT2D eigenvalue weighted by Crippen LogP contribution is -2.47. The topological polar surface area (TPSA) is 96.0 Å². The second-order valence-corrected chi connectivity index (χ2v) is 3.11. The van der Waals surface area contributed by atoms with Gasteiger partial charge in [0.2, 0.25) is 0 Å². The SMILES string of the molecule is CCCC(N)N(CCO)C(=O)OCCO. The molecule has 1 amide bonds. The molecule has 0 fully saturated rings. The summed E-state index contributed by atoms with van der Waals surface area (Å²) in [5, 5.41) is 17.3. The Morgan fingerprint density at radius 3 is 2.60 bits per heavy atom. The van der Waals surface area contributed by atoms with E-state index in [0.29, 0.717) is 6.42 Å². The molecule has 0 saturated carbocycles. The summed E-state index contributed by atoms with van der Waals surface area (Å²) in [5.41, 5.74) is 5.74. The third-order valence-corrected chi connectivity index (χ3v) is 1.88. The summed E-state index contributed by atoms with van der Waals surface area (Å²) in [6.07, 6.45) is 0.442. The first-order valence-electron chi connectivity index (χ1n) is 5.08. The van der Waals surface area contributed by atoms with E-state index in [4.69, 9.17) is 20.7 Å². The highest BCUT2D eigenvalue weighted by molar-refractivity contribution is 5.67. The summed E-state index contributed by atoms with van der Waals surface area (Å²) in [4.78, 5) is 12.7. The molecule has 0 heterocycles. The molecular weight excluding hydrogens is 200 g/mol. The van der Waals surface area contributed by atoms with Gasteiger partial charge in [-0.15, -0.1) is 0 Å². The molecule has 0 radical (unpaired) electrons. The Bertz CT molecular complexity index is 177. The van der Waals surface area contributed by atoms with Gasteiger partial charge in [0.05, 0.1) is 19.4 Å². The van der Waals surface area contributed by atoms with Gasteiger partial charge in [-0.1, -0.05) is 13.3 Å².